The van der Waals surface area contributed by atoms with E-state index in [4.69, 9.17) is 4.74 Å². The predicted molar refractivity (Wildman–Crippen MR) is 109 cm³/mol. The quantitative estimate of drug-likeness (QED) is 0.641. The van der Waals surface area contributed by atoms with Gasteiger partial charge in [-0.1, -0.05) is 50.6 Å². The van der Waals surface area contributed by atoms with Gasteiger partial charge in [-0.2, -0.15) is 0 Å². The first-order valence-electron chi connectivity index (χ1n) is 9.25. The molecule has 150 valence electrons. The molecule has 2 aromatic rings. The van der Waals surface area contributed by atoms with Crippen LogP contribution in [0.2, 0.25) is 0 Å². The molecular formula is C22H28N2O4. The van der Waals surface area contributed by atoms with Gasteiger partial charge in [-0.15, -0.1) is 0 Å². The van der Waals surface area contributed by atoms with E-state index < -0.39 is 5.91 Å². The Morgan fingerprint density at radius 3 is 2.39 bits per heavy atom. The molecule has 3 N–H and O–H groups in total. The average molecular weight is 384 g/mol. The zero-order chi connectivity index (χ0) is 20.7. The van der Waals surface area contributed by atoms with Crippen molar-refractivity contribution in [3.05, 3.63) is 59.2 Å². The number of hydrogen-bond acceptors (Lipinski definition) is 4. The normalized spacial score (nSPS) is 11.0. The fourth-order valence-electron chi connectivity index (χ4n) is 2.69. The summed E-state index contributed by atoms with van der Waals surface area (Å²) in [5, 5.41) is 15.0. The standard InChI is InChI=1S/C22H28N2O4/c1-15-9-10-19(17(13-15)22(2,3)4)28-14-20(26)23-11-12-24-21(27)16-7-5-6-8-18(16)25/h5-10,13,25H,11-12,14H2,1-4H3,(H,23,26)(H,24,27). The Balaban J connectivity index is 1.78. The topological polar surface area (TPSA) is 87.7 Å². The van der Waals surface area contributed by atoms with Crippen LogP contribution in [0, 0.1) is 6.92 Å². The predicted octanol–water partition coefficient (Wildman–Crippen LogP) is 2.92. The number of amides is 2. The number of hydrogen-bond donors (Lipinski definition) is 3. The Kier molecular flexibility index (Phi) is 7.04. The summed E-state index contributed by atoms with van der Waals surface area (Å²) >= 11 is 0. The van der Waals surface area contributed by atoms with Gasteiger partial charge in [-0.05, 0) is 36.1 Å². The molecule has 6 nitrogen and oxygen atoms in total. The molecule has 0 atom stereocenters. The summed E-state index contributed by atoms with van der Waals surface area (Å²) in [5.74, 6) is -0.0402. The van der Waals surface area contributed by atoms with E-state index in [0.717, 1.165) is 11.1 Å². The number of benzene rings is 2. The summed E-state index contributed by atoms with van der Waals surface area (Å²) in [6, 6.07) is 12.2. The van der Waals surface area contributed by atoms with Gasteiger partial charge in [0.1, 0.15) is 11.5 Å². The highest BCUT2D eigenvalue weighted by atomic mass is 16.5. The lowest BCUT2D eigenvalue weighted by molar-refractivity contribution is -0.123. The number of ether oxygens (including phenoxy) is 1. The maximum Gasteiger partial charge on any atom is 0.258 e. The van der Waals surface area contributed by atoms with E-state index in [2.05, 4.69) is 37.5 Å². The van der Waals surface area contributed by atoms with Crippen LogP contribution in [0.4, 0.5) is 0 Å². The molecule has 0 saturated heterocycles. The van der Waals surface area contributed by atoms with Crippen molar-refractivity contribution in [3.63, 3.8) is 0 Å². The number of para-hydroxylation sites is 1. The van der Waals surface area contributed by atoms with Crippen molar-refractivity contribution in [3.8, 4) is 11.5 Å². The number of carbonyl (C=O) groups excluding carboxylic acids is 2. The van der Waals surface area contributed by atoms with Crippen molar-refractivity contribution in [1.29, 1.82) is 0 Å². The lowest BCUT2D eigenvalue weighted by atomic mass is 9.85. The summed E-state index contributed by atoms with van der Waals surface area (Å²) < 4.78 is 5.71. The number of rotatable bonds is 7. The Morgan fingerprint density at radius 2 is 1.71 bits per heavy atom. The third-order valence-corrected chi connectivity index (χ3v) is 4.18. The second kappa shape index (κ2) is 9.26. The van der Waals surface area contributed by atoms with E-state index >= 15 is 0 Å². The van der Waals surface area contributed by atoms with Crippen LogP contribution in [-0.4, -0.2) is 36.6 Å². The summed E-state index contributed by atoms with van der Waals surface area (Å²) in [7, 11) is 0. The second-order valence-corrected chi connectivity index (χ2v) is 7.66. The van der Waals surface area contributed by atoms with Gasteiger partial charge in [0.05, 0.1) is 5.56 Å². The van der Waals surface area contributed by atoms with Gasteiger partial charge in [0.2, 0.25) is 0 Å². The highest BCUT2D eigenvalue weighted by Gasteiger charge is 2.19. The maximum absolute atomic E-state index is 12.0. The van der Waals surface area contributed by atoms with Gasteiger partial charge in [0.25, 0.3) is 11.8 Å². The number of phenolic OH excluding ortho intramolecular Hbond substituents is 1. The van der Waals surface area contributed by atoms with Crippen LogP contribution in [0.25, 0.3) is 0 Å². The van der Waals surface area contributed by atoms with Crippen molar-refractivity contribution < 1.29 is 19.4 Å². The Labute approximate surface area is 165 Å². The molecule has 0 fully saturated rings. The van der Waals surface area contributed by atoms with Gasteiger partial charge in [-0.25, -0.2) is 0 Å². The number of carbonyl (C=O) groups is 2. The van der Waals surface area contributed by atoms with Gasteiger partial charge in [-0.3, -0.25) is 9.59 Å². The smallest absolute Gasteiger partial charge is 0.258 e. The summed E-state index contributed by atoms with van der Waals surface area (Å²) in [5.41, 5.74) is 2.30. The molecule has 0 heterocycles. The summed E-state index contributed by atoms with van der Waals surface area (Å²) in [6.45, 7) is 8.73. The highest BCUT2D eigenvalue weighted by molar-refractivity contribution is 5.96. The number of aromatic hydroxyl groups is 1. The summed E-state index contributed by atoms with van der Waals surface area (Å²) in [4.78, 5) is 24.0. The fourth-order valence-corrected chi connectivity index (χ4v) is 2.69. The molecule has 0 saturated carbocycles. The molecule has 0 aliphatic carbocycles. The monoisotopic (exact) mass is 384 g/mol. The molecule has 2 amide bonds. The van der Waals surface area contributed by atoms with Crippen LogP contribution in [-0.2, 0) is 10.2 Å². The van der Waals surface area contributed by atoms with Crippen LogP contribution in [0.1, 0.15) is 42.3 Å². The van der Waals surface area contributed by atoms with Gasteiger partial charge in [0.15, 0.2) is 6.61 Å². The van der Waals surface area contributed by atoms with Crippen LogP contribution < -0.4 is 15.4 Å². The molecule has 0 aliphatic rings. The Bertz CT molecular complexity index is 841. The van der Waals surface area contributed by atoms with Crippen molar-refractivity contribution >= 4 is 11.8 Å². The molecular weight excluding hydrogens is 356 g/mol. The molecule has 0 aromatic heterocycles. The zero-order valence-corrected chi connectivity index (χ0v) is 16.8. The first-order chi connectivity index (χ1) is 13.2. The minimum Gasteiger partial charge on any atom is -0.507 e. The molecule has 28 heavy (non-hydrogen) atoms. The molecule has 0 unspecified atom stereocenters. The molecule has 0 bridgehead atoms. The Hall–Kier alpha value is -3.02. The van der Waals surface area contributed by atoms with Crippen molar-refractivity contribution in [2.75, 3.05) is 19.7 Å². The minimum absolute atomic E-state index is 0.0785. The zero-order valence-electron chi connectivity index (χ0n) is 16.8. The van der Waals surface area contributed by atoms with Gasteiger partial charge in [0, 0.05) is 13.1 Å². The minimum atomic E-state index is -0.391. The van der Waals surface area contributed by atoms with Gasteiger partial charge >= 0.3 is 0 Å². The van der Waals surface area contributed by atoms with E-state index in [9.17, 15) is 14.7 Å². The summed E-state index contributed by atoms with van der Waals surface area (Å²) in [6.07, 6.45) is 0. The SMILES string of the molecule is Cc1ccc(OCC(=O)NCCNC(=O)c2ccccc2O)c(C(C)(C)C)c1. The largest absolute Gasteiger partial charge is 0.507 e. The maximum atomic E-state index is 12.0. The van der Waals surface area contributed by atoms with E-state index in [0.29, 0.717) is 5.75 Å². The molecule has 0 aliphatic heterocycles. The van der Waals surface area contributed by atoms with Crippen LogP contribution in [0.5, 0.6) is 11.5 Å². The van der Waals surface area contributed by atoms with E-state index in [1.54, 1.807) is 12.1 Å². The van der Waals surface area contributed by atoms with Crippen LogP contribution in [0.3, 0.4) is 0 Å². The van der Waals surface area contributed by atoms with Crippen LogP contribution >= 0.6 is 0 Å². The molecule has 2 aromatic carbocycles. The van der Waals surface area contributed by atoms with Crippen LogP contribution in [0.15, 0.2) is 42.5 Å². The second-order valence-electron chi connectivity index (χ2n) is 7.66. The van der Waals surface area contributed by atoms with Crippen molar-refractivity contribution in [2.45, 2.75) is 33.1 Å². The number of phenols is 1. The molecule has 2 rings (SSSR count). The lowest BCUT2D eigenvalue weighted by Crippen LogP contribution is -2.36. The molecule has 0 spiro atoms. The van der Waals surface area contributed by atoms with E-state index in [1.165, 1.54) is 12.1 Å². The van der Waals surface area contributed by atoms with E-state index in [-0.39, 0.29) is 42.3 Å². The first-order valence-corrected chi connectivity index (χ1v) is 9.25. The first kappa shape index (κ1) is 21.3. The van der Waals surface area contributed by atoms with E-state index in [1.807, 2.05) is 19.1 Å². The number of aryl methyl sites for hydroxylation is 1. The third kappa shape index (κ3) is 6.01. The average Bonchev–Trinajstić information content (AvgIpc) is 2.63. The van der Waals surface area contributed by atoms with Crippen molar-refractivity contribution in [1.82, 2.24) is 10.6 Å². The fraction of sp³-hybridized carbons (Fsp3) is 0.364. The lowest BCUT2D eigenvalue weighted by Gasteiger charge is -2.23. The molecule has 6 heteroatoms. The third-order valence-electron chi connectivity index (χ3n) is 4.18. The Morgan fingerprint density at radius 1 is 1.04 bits per heavy atom. The van der Waals surface area contributed by atoms with Gasteiger partial charge < -0.3 is 20.5 Å². The highest BCUT2D eigenvalue weighted by Crippen LogP contribution is 2.32. The number of nitrogens with one attached hydrogen (secondary N) is 2. The van der Waals surface area contributed by atoms with Crippen molar-refractivity contribution in [2.24, 2.45) is 0 Å². The molecule has 0 radical (unpaired) electrons.